The van der Waals surface area contributed by atoms with E-state index in [1.54, 1.807) is 24.9 Å². The van der Waals surface area contributed by atoms with E-state index in [1.807, 2.05) is 24.3 Å². The molecule has 0 N–H and O–H groups in total. The molecule has 0 radical (unpaired) electrons. The second-order valence-corrected chi connectivity index (χ2v) is 6.66. The van der Waals surface area contributed by atoms with Gasteiger partial charge in [-0.1, -0.05) is 23.7 Å². The van der Waals surface area contributed by atoms with Gasteiger partial charge in [0.25, 0.3) is 0 Å². The largest absolute Gasteiger partial charge is 0.493 e. The monoisotopic (exact) mass is 409 g/mol. The molecule has 0 unspecified atom stereocenters. The maximum absolute atomic E-state index is 12.0. The molecule has 1 saturated heterocycles. The van der Waals surface area contributed by atoms with Crippen LogP contribution in [0.4, 0.5) is 0 Å². The zero-order chi connectivity index (χ0) is 19.1. The van der Waals surface area contributed by atoms with Gasteiger partial charge in [-0.25, -0.2) is 4.79 Å². The molecule has 28 heavy (non-hydrogen) atoms. The quantitative estimate of drug-likeness (QED) is 0.666. The van der Waals surface area contributed by atoms with E-state index in [0.29, 0.717) is 23.9 Å². The average Bonchev–Trinajstić information content (AvgIpc) is 3.06. The predicted molar refractivity (Wildman–Crippen MR) is 111 cm³/mol. The molecule has 1 aromatic carbocycles. The van der Waals surface area contributed by atoms with Crippen LogP contribution in [0.2, 0.25) is 0 Å². The van der Waals surface area contributed by atoms with Crippen molar-refractivity contribution in [1.82, 2.24) is 14.6 Å². The second-order valence-electron chi connectivity index (χ2n) is 6.66. The number of rotatable bonds is 8. The number of hydrogen-bond acceptors (Lipinski definition) is 6. The van der Waals surface area contributed by atoms with Crippen LogP contribution < -0.4 is 15.2 Å². The fraction of sp³-hybridized carbons (Fsp3) is 0.500. The Labute approximate surface area is 171 Å². The smallest absolute Gasteiger partial charge is 0.441 e. The summed E-state index contributed by atoms with van der Waals surface area (Å²) in [4.78, 5) is 14.4. The van der Waals surface area contributed by atoms with Crippen molar-refractivity contribution in [2.24, 2.45) is 0 Å². The molecule has 0 saturated carbocycles. The van der Waals surface area contributed by atoms with Crippen LogP contribution in [-0.2, 0) is 6.54 Å². The Balaban J connectivity index is 0.00000280. The van der Waals surface area contributed by atoms with Crippen LogP contribution in [0.25, 0.3) is 12.2 Å². The van der Waals surface area contributed by atoms with Gasteiger partial charge in [0.2, 0.25) is 0 Å². The van der Waals surface area contributed by atoms with E-state index in [2.05, 4.69) is 10.1 Å². The van der Waals surface area contributed by atoms with Gasteiger partial charge in [0.05, 0.1) is 14.2 Å². The normalized spacial score (nSPS) is 14.8. The molecular formula is C20H28ClN3O4. The summed E-state index contributed by atoms with van der Waals surface area (Å²) in [5.41, 5.74) is 0.919. The summed E-state index contributed by atoms with van der Waals surface area (Å²) >= 11 is 0. The minimum atomic E-state index is -0.416. The molecule has 1 aliphatic heterocycles. The van der Waals surface area contributed by atoms with Crippen LogP contribution in [0.5, 0.6) is 11.5 Å². The van der Waals surface area contributed by atoms with Crippen LogP contribution in [0, 0.1) is 0 Å². The molecule has 0 amide bonds. The van der Waals surface area contributed by atoms with E-state index >= 15 is 0 Å². The fourth-order valence-electron chi connectivity index (χ4n) is 3.37. The SMILES string of the molecule is COc1ccc(/C=C/c2noc(=O)n2CCCN2CCCCC2)cc1OC.Cl. The van der Waals surface area contributed by atoms with Gasteiger partial charge in [-0.2, -0.15) is 0 Å². The lowest BCUT2D eigenvalue weighted by Crippen LogP contribution is -2.31. The van der Waals surface area contributed by atoms with Crippen molar-refractivity contribution in [2.75, 3.05) is 33.9 Å². The number of likely N-dealkylation sites (tertiary alicyclic amines) is 1. The molecule has 1 fully saturated rings. The number of halogens is 1. The van der Waals surface area contributed by atoms with Gasteiger partial charge in [-0.15, -0.1) is 12.4 Å². The summed E-state index contributed by atoms with van der Waals surface area (Å²) in [6.45, 7) is 3.91. The lowest BCUT2D eigenvalue weighted by Gasteiger charge is -2.26. The molecule has 3 rings (SSSR count). The first-order chi connectivity index (χ1) is 13.2. The maximum atomic E-state index is 12.0. The third-order valence-corrected chi connectivity index (χ3v) is 4.85. The summed E-state index contributed by atoms with van der Waals surface area (Å²) in [7, 11) is 3.20. The molecule has 1 aliphatic rings. The van der Waals surface area contributed by atoms with E-state index in [1.165, 1.54) is 19.3 Å². The molecule has 8 heteroatoms. The molecule has 0 atom stereocenters. The Morgan fingerprint density at radius 3 is 2.54 bits per heavy atom. The average molecular weight is 410 g/mol. The van der Waals surface area contributed by atoms with Gasteiger partial charge in [0, 0.05) is 6.54 Å². The first-order valence-corrected chi connectivity index (χ1v) is 9.40. The topological polar surface area (TPSA) is 69.7 Å². The van der Waals surface area contributed by atoms with E-state index < -0.39 is 5.76 Å². The summed E-state index contributed by atoms with van der Waals surface area (Å²) in [5.74, 6) is 1.43. The highest BCUT2D eigenvalue weighted by Crippen LogP contribution is 2.28. The number of nitrogens with zero attached hydrogens (tertiary/aromatic N) is 3. The third kappa shape index (κ3) is 5.62. The molecule has 1 aromatic heterocycles. The van der Waals surface area contributed by atoms with E-state index in [9.17, 15) is 4.79 Å². The van der Waals surface area contributed by atoms with E-state index in [0.717, 1.165) is 31.6 Å². The number of aromatic nitrogens is 2. The minimum Gasteiger partial charge on any atom is -0.493 e. The number of hydrogen-bond donors (Lipinski definition) is 0. The van der Waals surface area contributed by atoms with Crippen molar-refractivity contribution in [1.29, 1.82) is 0 Å². The lowest BCUT2D eigenvalue weighted by molar-refractivity contribution is 0.222. The zero-order valence-electron chi connectivity index (χ0n) is 16.4. The Morgan fingerprint density at radius 1 is 1.07 bits per heavy atom. The summed E-state index contributed by atoms with van der Waals surface area (Å²) in [6, 6.07) is 5.62. The third-order valence-electron chi connectivity index (χ3n) is 4.85. The molecule has 2 heterocycles. The number of ether oxygens (including phenoxy) is 2. The zero-order valence-corrected chi connectivity index (χ0v) is 17.2. The maximum Gasteiger partial charge on any atom is 0.441 e. The first-order valence-electron chi connectivity index (χ1n) is 9.40. The van der Waals surface area contributed by atoms with E-state index in [4.69, 9.17) is 14.0 Å². The first kappa shape index (κ1) is 22.0. The molecule has 2 aromatic rings. The van der Waals surface area contributed by atoms with Crippen LogP contribution in [-0.4, -0.2) is 48.5 Å². The highest BCUT2D eigenvalue weighted by molar-refractivity contribution is 5.85. The van der Waals surface area contributed by atoms with Gasteiger partial charge < -0.3 is 14.4 Å². The van der Waals surface area contributed by atoms with Gasteiger partial charge in [0.15, 0.2) is 17.3 Å². The van der Waals surface area contributed by atoms with Crippen LogP contribution in [0.15, 0.2) is 27.5 Å². The van der Waals surface area contributed by atoms with Crippen molar-refractivity contribution < 1.29 is 14.0 Å². The lowest BCUT2D eigenvalue weighted by atomic mass is 10.1. The van der Waals surface area contributed by atoms with Crippen LogP contribution in [0.1, 0.15) is 37.1 Å². The van der Waals surface area contributed by atoms with Crippen molar-refractivity contribution in [2.45, 2.75) is 32.2 Å². The molecule has 0 aliphatic carbocycles. The Hall–Kier alpha value is -2.25. The van der Waals surface area contributed by atoms with E-state index in [-0.39, 0.29) is 12.4 Å². The van der Waals surface area contributed by atoms with Gasteiger partial charge in [0.1, 0.15) is 0 Å². The highest BCUT2D eigenvalue weighted by atomic mass is 35.5. The summed E-state index contributed by atoms with van der Waals surface area (Å²) < 4.78 is 17.0. The van der Waals surface area contributed by atoms with Gasteiger partial charge >= 0.3 is 5.76 Å². The molecule has 0 bridgehead atoms. The highest BCUT2D eigenvalue weighted by Gasteiger charge is 2.12. The van der Waals surface area contributed by atoms with Crippen molar-refractivity contribution >= 4 is 24.6 Å². The predicted octanol–water partition coefficient (Wildman–Crippen LogP) is 3.32. The minimum absolute atomic E-state index is 0. The van der Waals surface area contributed by atoms with Crippen molar-refractivity contribution in [3.05, 3.63) is 40.1 Å². The second kappa shape index (κ2) is 10.9. The fourth-order valence-corrected chi connectivity index (χ4v) is 3.37. The van der Waals surface area contributed by atoms with Crippen LogP contribution >= 0.6 is 12.4 Å². The van der Waals surface area contributed by atoms with Crippen molar-refractivity contribution in [3.63, 3.8) is 0 Å². The van der Waals surface area contributed by atoms with Gasteiger partial charge in [-0.05, 0) is 62.7 Å². The Kier molecular flexibility index (Phi) is 8.60. The number of piperidine rings is 1. The number of methoxy groups -OCH3 is 2. The van der Waals surface area contributed by atoms with Crippen LogP contribution in [0.3, 0.4) is 0 Å². The molecule has 154 valence electrons. The summed E-state index contributed by atoms with van der Waals surface area (Å²) in [6.07, 6.45) is 8.43. The standard InChI is InChI=1S/C20H27N3O4.ClH/c1-25-17-9-7-16(15-18(17)26-2)8-10-19-21-27-20(24)23(19)14-6-13-22-11-4-3-5-12-22;/h7-10,15H,3-6,11-14H2,1-2H3;1H/b10-8+;. The molecule has 7 nitrogen and oxygen atoms in total. The van der Waals surface area contributed by atoms with Gasteiger partial charge in [-0.3, -0.25) is 9.09 Å². The van der Waals surface area contributed by atoms with Crippen molar-refractivity contribution in [3.8, 4) is 11.5 Å². The summed E-state index contributed by atoms with van der Waals surface area (Å²) in [5, 5.41) is 3.89. The Morgan fingerprint density at radius 2 is 1.82 bits per heavy atom. The molecular weight excluding hydrogens is 382 g/mol. The number of benzene rings is 1. The molecule has 0 spiro atoms. The Bertz CT molecular complexity index is 825.